The molecular weight excluding hydrogens is 218 g/mol. The van der Waals surface area contributed by atoms with E-state index in [0.717, 1.165) is 13.0 Å². The van der Waals surface area contributed by atoms with Gasteiger partial charge in [-0.3, -0.25) is 0 Å². The summed E-state index contributed by atoms with van der Waals surface area (Å²) in [5, 5.41) is 9.01. The maximum Gasteiger partial charge on any atom is 0.218 e. The van der Waals surface area contributed by atoms with Gasteiger partial charge in [0.05, 0.1) is 12.3 Å². The van der Waals surface area contributed by atoms with E-state index in [-0.39, 0.29) is 6.10 Å². The van der Waals surface area contributed by atoms with E-state index in [1.54, 1.807) is 13.2 Å². The SMILES string of the molecule is CCCn1c(C#N)cc(N)c1O[C@@H](C)COC. The summed E-state index contributed by atoms with van der Waals surface area (Å²) in [7, 11) is 1.62. The standard InChI is InChI=1S/C12H19N3O2/c1-4-5-15-10(7-13)6-11(14)12(15)17-9(2)8-16-3/h6,9H,4-5,8,14H2,1-3H3/t9-/m0/s1. The summed E-state index contributed by atoms with van der Waals surface area (Å²) in [6.07, 6.45) is 0.817. The number of hydrogen-bond donors (Lipinski definition) is 1. The average Bonchev–Trinajstić information content (AvgIpc) is 2.58. The van der Waals surface area contributed by atoms with Gasteiger partial charge in [-0.25, -0.2) is 0 Å². The quantitative estimate of drug-likeness (QED) is 0.818. The smallest absolute Gasteiger partial charge is 0.218 e. The Morgan fingerprint density at radius 3 is 2.82 bits per heavy atom. The Kier molecular flexibility index (Phi) is 4.85. The van der Waals surface area contributed by atoms with Crippen LogP contribution >= 0.6 is 0 Å². The second-order valence-electron chi connectivity index (χ2n) is 3.94. The lowest BCUT2D eigenvalue weighted by molar-refractivity contribution is 0.0865. The summed E-state index contributed by atoms with van der Waals surface area (Å²) < 4.78 is 12.5. The minimum atomic E-state index is -0.0978. The van der Waals surface area contributed by atoms with E-state index in [2.05, 4.69) is 6.07 Å². The molecule has 1 heterocycles. The summed E-state index contributed by atoms with van der Waals surface area (Å²) in [5.74, 6) is 0.563. The van der Waals surface area contributed by atoms with E-state index >= 15 is 0 Å². The number of methoxy groups -OCH3 is 1. The molecule has 5 nitrogen and oxygen atoms in total. The third-order valence-corrected chi connectivity index (χ3v) is 2.35. The molecule has 1 atom stereocenters. The van der Waals surface area contributed by atoms with Crippen LogP contribution in [0, 0.1) is 11.3 Å². The van der Waals surface area contributed by atoms with Crippen LogP contribution in [0.2, 0.25) is 0 Å². The number of rotatable bonds is 6. The lowest BCUT2D eigenvalue weighted by Gasteiger charge is -2.16. The molecule has 0 bridgehead atoms. The minimum absolute atomic E-state index is 0.0978. The first-order chi connectivity index (χ1) is 8.13. The molecule has 17 heavy (non-hydrogen) atoms. The van der Waals surface area contributed by atoms with Gasteiger partial charge >= 0.3 is 0 Å². The van der Waals surface area contributed by atoms with Gasteiger partial charge in [0, 0.05) is 19.7 Å². The van der Waals surface area contributed by atoms with E-state index in [1.807, 2.05) is 18.4 Å². The van der Waals surface area contributed by atoms with Crippen molar-refractivity contribution >= 4 is 5.69 Å². The highest BCUT2D eigenvalue weighted by Crippen LogP contribution is 2.27. The molecule has 0 unspecified atom stereocenters. The Labute approximate surface area is 102 Å². The van der Waals surface area contributed by atoms with Crippen molar-refractivity contribution in [3.8, 4) is 11.9 Å². The van der Waals surface area contributed by atoms with Gasteiger partial charge in [0.1, 0.15) is 17.9 Å². The molecule has 0 aliphatic heterocycles. The van der Waals surface area contributed by atoms with Crippen LogP contribution < -0.4 is 10.5 Å². The lowest BCUT2D eigenvalue weighted by atomic mass is 10.4. The van der Waals surface area contributed by atoms with E-state index < -0.39 is 0 Å². The van der Waals surface area contributed by atoms with Gasteiger partial charge in [0.25, 0.3) is 0 Å². The highest BCUT2D eigenvalue weighted by molar-refractivity contribution is 5.55. The fourth-order valence-corrected chi connectivity index (χ4v) is 1.68. The zero-order valence-corrected chi connectivity index (χ0v) is 10.6. The Hall–Kier alpha value is -1.67. The number of nitrogens with two attached hydrogens (primary N) is 1. The van der Waals surface area contributed by atoms with Gasteiger partial charge in [-0.05, 0) is 13.3 Å². The third kappa shape index (κ3) is 3.14. The topological polar surface area (TPSA) is 73.2 Å². The molecule has 0 radical (unpaired) electrons. The van der Waals surface area contributed by atoms with Gasteiger partial charge in [-0.2, -0.15) is 5.26 Å². The maximum absolute atomic E-state index is 9.01. The lowest BCUT2D eigenvalue weighted by Crippen LogP contribution is -2.20. The predicted molar refractivity (Wildman–Crippen MR) is 65.8 cm³/mol. The highest BCUT2D eigenvalue weighted by atomic mass is 16.5. The molecule has 94 valence electrons. The molecule has 5 heteroatoms. The number of nitrogens with zero attached hydrogens (tertiary/aromatic N) is 2. The van der Waals surface area contributed by atoms with Crippen LogP contribution in [0.4, 0.5) is 5.69 Å². The van der Waals surface area contributed by atoms with Crippen LogP contribution in [0.15, 0.2) is 6.07 Å². The monoisotopic (exact) mass is 237 g/mol. The Morgan fingerprint density at radius 1 is 1.59 bits per heavy atom. The molecule has 1 rings (SSSR count). The first kappa shape index (κ1) is 13.4. The zero-order valence-electron chi connectivity index (χ0n) is 10.6. The number of hydrogen-bond acceptors (Lipinski definition) is 4. The first-order valence-corrected chi connectivity index (χ1v) is 5.68. The summed E-state index contributed by atoms with van der Waals surface area (Å²) in [6, 6.07) is 3.76. The summed E-state index contributed by atoms with van der Waals surface area (Å²) in [5.41, 5.74) is 6.88. The van der Waals surface area contributed by atoms with E-state index in [1.165, 1.54) is 0 Å². The number of nitrogen functional groups attached to an aromatic ring is 1. The maximum atomic E-state index is 9.01. The van der Waals surface area contributed by atoms with Crippen LogP contribution in [0.1, 0.15) is 26.0 Å². The van der Waals surface area contributed by atoms with Gasteiger partial charge < -0.3 is 19.8 Å². The van der Waals surface area contributed by atoms with Crippen molar-refractivity contribution in [2.24, 2.45) is 0 Å². The zero-order chi connectivity index (χ0) is 12.8. The van der Waals surface area contributed by atoms with Crippen LogP contribution in [0.5, 0.6) is 5.88 Å². The van der Waals surface area contributed by atoms with Crippen LogP contribution in [0.25, 0.3) is 0 Å². The Morgan fingerprint density at radius 2 is 2.29 bits per heavy atom. The van der Waals surface area contributed by atoms with Gasteiger partial charge in [0.2, 0.25) is 5.88 Å². The summed E-state index contributed by atoms with van der Waals surface area (Å²) in [6.45, 7) is 5.14. The average molecular weight is 237 g/mol. The van der Waals surface area contributed by atoms with E-state index in [9.17, 15) is 0 Å². The van der Waals surface area contributed by atoms with Crippen molar-refractivity contribution < 1.29 is 9.47 Å². The summed E-state index contributed by atoms with van der Waals surface area (Å²) in [4.78, 5) is 0. The number of anilines is 1. The molecule has 0 saturated carbocycles. The molecule has 0 amide bonds. The second-order valence-corrected chi connectivity index (χ2v) is 3.94. The van der Waals surface area contributed by atoms with Gasteiger partial charge in [-0.15, -0.1) is 0 Å². The van der Waals surface area contributed by atoms with Crippen LogP contribution in [-0.4, -0.2) is 24.4 Å². The molecule has 0 aliphatic carbocycles. The largest absolute Gasteiger partial charge is 0.472 e. The molecule has 1 aromatic heterocycles. The van der Waals surface area contributed by atoms with E-state index in [0.29, 0.717) is 23.9 Å². The second kappa shape index (κ2) is 6.16. The molecule has 0 saturated heterocycles. The molecular formula is C12H19N3O2. The molecule has 1 aromatic rings. The van der Waals surface area contributed by atoms with Gasteiger partial charge in [0.15, 0.2) is 0 Å². The molecule has 0 aliphatic rings. The number of nitriles is 1. The third-order valence-electron chi connectivity index (χ3n) is 2.35. The van der Waals surface area contributed by atoms with Crippen molar-refractivity contribution in [2.45, 2.75) is 32.9 Å². The Balaban J connectivity index is 2.96. The van der Waals surface area contributed by atoms with Crippen molar-refractivity contribution in [3.63, 3.8) is 0 Å². The van der Waals surface area contributed by atoms with E-state index in [4.69, 9.17) is 20.5 Å². The first-order valence-electron chi connectivity index (χ1n) is 5.68. The summed E-state index contributed by atoms with van der Waals surface area (Å²) >= 11 is 0. The number of ether oxygens (including phenoxy) is 2. The van der Waals surface area contributed by atoms with Crippen molar-refractivity contribution in [2.75, 3.05) is 19.5 Å². The van der Waals surface area contributed by atoms with Gasteiger partial charge in [-0.1, -0.05) is 6.92 Å². The van der Waals surface area contributed by atoms with Crippen molar-refractivity contribution in [1.82, 2.24) is 4.57 Å². The molecule has 2 N–H and O–H groups in total. The van der Waals surface area contributed by atoms with Crippen molar-refractivity contribution in [3.05, 3.63) is 11.8 Å². The van der Waals surface area contributed by atoms with Crippen LogP contribution in [-0.2, 0) is 11.3 Å². The Bertz CT molecular complexity index is 407. The number of aromatic nitrogens is 1. The van der Waals surface area contributed by atoms with Crippen LogP contribution in [0.3, 0.4) is 0 Å². The van der Waals surface area contributed by atoms with Crippen molar-refractivity contribution in [1.29, 1.82) is 5.26 Å². The highest BCUT2D eigenvalue weighted by Gasteiger charge is 2.16. The molecule has 0 spiro atoms. The predicted octanol–water partition coefficient (Wildman–Crippen LogP) is 1.77. The fraction of sp³-hybridized carbons (Fsp3) is 0.583. The minimum Gasteiger partial charge on any atom is -0.472 e. The fourth-order valence-electron chi connectivity index (χ4n) is 1.68. The normalized spacial score (nSPS) is 12.1. The molecule has 0 fully saturated rings. The molecule has 0 aromatic carbocycles.